The molecule has 4 fully saturated rings. The van der Waals surface area contributed by atoms with Gasteiger partial charge in [0.25, 0.3) is 0 Å². The van der Waals surface area contributed by atoms with Gasteiger partial charge >= 0.3 is 0 Å². The largest absolute Gasteiger partial charge is 0.351 e. The number of rotatable bonds is 3. The lowest BCUT2D eigenvalue weighted by Crippen LogP contribution is -2.58. The fourth-order valence-corrected chi connectivity index (χ4v) is 5.84. The van der Waals surface area contributed by atoms with Crippen molar-refractivity contribution in [3.05, 3.63) is 0 Å². The molecule has 118 valence electrons. The molecule has 3 saturated carbocycles. The molecule has 1 amide bonds. The molecule has 3 heteroatoms. The van der Waals surface area contributed by atoms with E-state index in [-0.39, 0.29) is 5.54 Å². The number of fused-ring (bicyclic) bond motifs is 1. The highest BCUT2D eigenvalue weighted by Gasteiger charge is 2.49. The summed E-state index contributed by atoms with van der Waals surface area (Å²) in [4.78, 5) is 15.7. The second kappa shape index (κ2) is 5.57. The molecule has 0 aromatic carbocycles. The summed E-state index contributed by atoms with van der Waals surface area (Å²) < 4.78 is 0. The van der Waals surface area contributed by atoms with E-state index < -0.39 is 0 Å². The van der Waals surface area contributed by atoms with Gasteiger partial charge in [-0.15, -0.1) is 0 Å². The molecule has 0 spiro atoms. The molecule has 0 aromatic rings. The number of carbonyl (C=O) groups excluding carboxylic acids is 1. The van der Waals surface area contributed by atoms with Crippen LogP contribution in [0.4, 0.5) is 0 Å². The maximum atomic E-state index is 13.1. The zero-order valence-electron chi connectivity index (χ0n) is 13.3. The van der Waals surface area contributed by atoms with E-state index in [1.165, 1.54) is 57.8 Å². The van der Waals surface area contributed by atoms with Crippen LogP contribution in [0.15, 0.2) is 0 Å². The van der Waals surface area contributed by atoms with Gasteiger partial charge in [-0.05, 0) is 69.9 Å². The molecule has 4 aliphatic rings. The van der Waals surface area contributed by atoms with Crippen molar-refractivity contribution in [1.82, 2.24) is 10.2 Å². The molecular formula is C18H30N2O. The van der Waals surface area contributed by atoms with Crippen LogP contribution in [0.25, 0.3) is 0 Å². The summed E-state index contributed by atoms with van der Waals surface area (Å²) in [5.74, 6) is 2.10. The predicted molar refractivity (Wildman–Crippen MR) is 84.0 cm³/mol. The van der Waals surface area contributed by atoms with E-state index in [1.54, 1.807) is 0 Å². The van der Waals surface area contributed by atoms with E-state index in [0.29, 0.717) is 11.9 Å². The van der Waals surface area contributed by atoms with Gasteiger partial charge in [-0.3, -0.25) is 9.69 Å². The number of carbonyl (C=O) groups is 1. The van der Waals surface area contributed by atoms with E-state index in [1.807, 2.05) is 0 Å². The van der Waals surface area contributed by atoms with Crippen molar-refractivity contribution >= 4 is 5.91 Å². The Balaban J connectivity index is 1.47. The molecule has 3 aliphatic carbocycles. The van der Waals surface area contributed by atoms with E-state index in [0.717, 1.165) is 37.8 Å². The summed E-state index contributed by atoms with van der Waals surface area (Å²) in [6, 6.07) is 0.491. The van der Waals surface area contributed by atoms with Crippen molar-refractivity contribution in [1.29, 1.82) is 0 Å². The van der Waals surface area contributed by atoms with E-state index in [2.05, 4.69) is 10.2 Å². The minimum Gasteiger partial charge on any atom is -0.351 e. The minimum atomic E-state index is -0.132. The molecule has 1 aliphatic heterocycles. The Kier molecular flexibility index (Phi) is 3.72. The van der Waals surface area contributed by atoms with Gasteiger partial charge in [-0.1, -0.05) is 25.7 Å². The molecule has 0 aromatic heterocycles. The highest BCUT2D eigenvalue weighted by atomic mass is 16.2. The summed E-state index contributed by atoms with van der Waals surface area (Å²) in [7, 11) is 0. The van der Waals surface area contributed by atoms with Crippen molar-refractivity contribution in [3.63, 3.8) is 0 Å². The van der Waals surface area contributed by atoms with Crippen molar-refractivity contribution in [3.8, 4) is 0 Å². The number of nitrogens with one attached hydrogen (secondary N) is 1. The summed E-state index contributed by atoms with van der Waals surface area (Å²) >= 11 is 0. The van der Waals surface area contributed by atoms with Crippen molar-refractivity contribution in [2.24, 2.45) is 11.8 Å². The smallest absolute Gasteiger partial charge is 0.240 e. The Hall–Kier alpha value is -0.570. The van der Waals surface area contributed by atoms with Gasteiger partial charge in [0.2, 0.25) is 5.91 Å². The predicted octanol–water partition coefficient (Wildman–Crippen LogP) is 3.09. The third-order valence-electron chi connectivity index (χ3n) is 6.96. The average Bonchev–Trinajstić information content (AvgIpc) is 3.26. The summed E-state index contributed by atoms with van der Waals surface area (Å²) in [6.45, 7) is 2.29. The van der Waals surface area contributed by atoms with Crippen LogP contribution >= 0.6 is 0 Å². The fourth-order valence-electron chi connectivity index (χ4n) is 5.84. The number of amides is 1. The molecule has 1 N–H and O–H groups in total. The standard InChI is InChI=1S/C18H30N2O/c21-17(19-16-9-8-14-6-5-7-15(14)16)18(10-1-2-11-18)20-12-3-4-13-20/h14-16H,1-13H2,(H,19,21)/t14-,15-,16-/m1/s1. The first-order valence-electron chi connectivity index (χ1n) is 9.36. The normalized spacial score (nSPS) is 38.8. The summed E-state index contributed by atoms with van der Waals surface area (Å²) in [5, 5.41) is 3.53. The minimum absolute atomic E-state index is 0.132. The lowest BCUT2D eigenvalue weighted by molar-refractivity contribution is -0.134. The molecule has 21 heavy (non-hydrogen) atoms. The van der Waals surface area contributed by atoms with Crippen LogP contribution in [0.3, 0.4) is 0 Å². The van der Waals surface area contributed by atoms with Crippen molar-refractivity contribution < 1.29 is 4.79 Å². The van der Waals surface area contributed by atoms with Crippen molar-refractivity contribution in [2.45, 2.75) is 82.2 Å². The maximum absolute atomic E-state index is 13.1. The van der Waals surface area contributed by atoms with Crippen LogP contribution in [0.5, 0.6) is 0 Å². The Morgan fingerprint density at radius 2 is 1.67 bits per heavy atom. The second-order valence-corrected chi connectivity index (χ2v) is 7.94. The van der Waals surface area contributed by atoms with Gasteiger partial charge in [-0.2, -0.15) is 0 Å². The Labute approximate surface area is 128 Å². The molecule has 3 atom stereocenters. The number of hydrogen-bond acceptors (Lipinski definition) is 2. The SMILES string of the molecule is O=C(N[C@@H]1CC[C@H]2CCC[C@H]21)C1(N2CCCC2)CCCC1. The topological polar surface area (TPSA) is 32.3 Å². The van der Waals surface area contributed by atoms with Gasteiger partial charge in [0.05, 0.1) is 0 Å². The summed E-state index contributed by atoms with van der Waals surface area (Å²) in [5.41, 5.74) is -0.132. The molecule has 3 nitrogen and oxygen atoms in total. The lowest BCUT2D eigenvalue weighted by Gasteiger charge is -2.38. The average molecular weight is 290 g/mol. The number of likely N-dealkylation sites (tertiary alicyclic amines) is 1. The van der Waals surface area contributed by atoms with E-state index in [9.17, 15) is 4.79 Å². The third-order valence-corrected chi connectivity index (χ3v) is 6.96. The van der Waals surface area contributed by atoms with Crippen LogP contribution < -0.4 is 5.32 Å². The molecule has 1 heterocycles. The highest BCUT2D eigenvalue weighted by Crippen LogP contribution is 2.45. The first-order valence-corrected chi connectivity index (χ1v) is 9.36. The monoisotopic (exact) mass is 290 g/mol. The molecule has 0 bridgehead atoms. The van der Waals surface area contributed by atoms with Crippen molar-refractivity contribution in [2.75, 3.05) is 13.1 Å². The van der Waals surface area contributed by atoms with Gasteiger partial charge in [0, 0.05) is 6.04 Å². The number of nitrogens with zero attached hydrogens (tertiary/aromatic N) is 1. The molecule has 0 unspecified atom stereocenters. The highest BCUT2D eigenvalue weighted by molar-refractivity contribution is 5.87. The van der Waals surface area contributed by atoms with Crippen LogP contribution in [0, 0.1) is 11.8 Å². The van der Waals surface area contributed by atoms with Gasteiger partial charge < -0.3 is 5.32 Å². The van der Waals surface area contributed by atoms with Gasteiger partial charge in [-0.25, -0.2) is 0 Å². The van der Waals surface area contributed by atoms with Crippen LogP contribution in [0.2, 0.25) is 0 Å². The van der Waals surface area contributed by atoms with Crippen LogP contribution in [0.1, 0.15) is 70.6 Å². The second-order valence-electron chi connectivity index (χ2n) is 7.94. The fraction of sp³-hybridized carbons (Fsp3) is 0.944. The Morgan fingerprint density at radius 1 is 0.905 bits per heavy atom. The Bertz CT molecular complexity index is 396. The Morgan fingerprint density at radius 3 is 2.43 bits per heavy atom. The zero-order valence-corrected chi connectivity index (χ0v) is 13.3. The van der Waals surface area contributed by atoms with Gasteiger partial charge in [0.15, 0.2) is 0 Å². The zero-order chi connectivity index (χ0) is 14.3. The van der Waals surface area contributed by atoms with Gasteiger partial charge in [0.1, 0.15) is 5.54 Å². The third kappa shape index (κ3) is 2.32. The first kappa shape index (κ1) is 14.0. The molecule has 0 radical (unpaired) electrons. The maximum Gasteiger partial charge on any atom is 0.240 e. The van der Waals surface area contributed by atoms with E-state index in [4.69, 9.17) is 0 Å². The van der Waals surface area contributed by atoms with Crippen LogP contribution in [-0.2, 0) is 4.79 Å². The number of hydrogen-bond donors (Lipinski definition) is 1. The quantitative estimate of drug-likeness (QED) is 0.866. The van der Waals surface area contributed by atoms with Crippen LogP contribution in [-0.4, -0.2) is 35.5 Å². The first-order chi connectivity index (χ1) is 10.3. The lowest BCUT2D eigenvalue weighted by atomic mass is 9.92. The van der Waals surface area contributed by atoms with E-state index >= 15 is 0 Å². The molecule has 4 rings (SSSR count). The molecular weight excluding hydrogens is 260 g/mol. The summed E-state index contributed by atoms with van der Waals surface area (Å²) in [6.07, 6.45) is 14.0. The molecule has 1 saturated heterocycles.